The summed E-state index contributed by atoms with van der Waals surface area (Å²) in [6.45, 7) is 2.25. The first-order valence-electron chi connectivity index (χ1n) is 6.48. The number of hydrogen-bond acceptors (Lipinski definition) is 2. The van der Waals surface area contributed by atoms with Crippen molar-refractivity contribution in [2.75, 3.05) is 13.2 Å². The highest BCUT2D eigenvalue weighted by Crippen LogP contribution is 2.49. The van der Waals surface area contributed by atoms with Gasteiger partial charge < -0.3 is 15.7 Å². The smallest absolute Gasteiger partial charge is 0.315 e. The van der Waals surface area contributed by atoms with Gasteiger partial charge in [0.15, 0.2) is 0 Å². The Labute approximate surface area is 118 Å². The Balaban J connectivity index is 1.93. The molecule has 0 radical (unpaired) electrons. The number of hydrogen-bond donors (Lipinski definition) is 3. The van der Waals surface area contributed by atoms with E-state index in [-0.39, 0.29) is 24.1 Å². The number of rotatable bonds is 5. The second kappa shape index (κ2) is 5.80. The van der Waals surface area contributed by atoms with E-state index in [9.17, 15) is 4.79 Å². The van der Waals surface area contributed by atoms with Gasteiger partial charge in [-0.15, -0.1) is 0 Å². The van der Waals surface area contributed by atoms with E-state index in [0.717, 1.165) is 23.4 Å². The zero-order chi connectivity index (χ0) is 13.9. The van der Waals surface area contributed by atoms with Gasteiger partial charge in [0.1, 0.15) is 0 Å². The fraction of sp³-hybridized carbons (Fsp3) is 0.500. The van der Waals surface area contributed by atoms with Crippen LogP contribution < -0.4 is 10.6 Å². The second-order valence-electron chi connectivity index (χ2n) is 5.17. The molecule has 4 nitrogen and oxygen atoms in total. The van der Waals surface area contributed by atoms with E-state index >= 15 is 0 Å². The number of aliphatic hydroxyl groups is 1. The fourth-order valence-corrected chi connectivity index (χ4v) is 2.49. The molecule has 0 unspecified atom stereocenters. The summed E-state index contributed by atoms with van der Waals surface area (Å²) >= 11 is 6.21. The average Bonchev–Trinajstić information content (AvgIpc) is 3.18. The molecule has 1 aromatic carbocycles. The van der Waals surface area contributed by atoms with Crippen molar-refractivity contribution in [3.8, 4) is 0 Å². The average molecular weight is 283 g/mol. The molecule has 0 aliphatic heterocycles. The minimum Gasteiger partial charge on any atom is -0.394 e. The Morgan fingerprint density at radius 3 is 2.74 bits per heavy atom. The van der Waals surface area contributed by atoms with E-state index in [0.29, 0.717) is 6.54 Å². The number of benzene rings is 1. The largest absolute Gasteiger partial charge is 0.394 e. The van der Waals surface area contributed by atoms with Crippen molar-refractivity contribution in [1.29, 1.82) is 0 Å². The van der Waals surface area contributed by atoms with Gasteiger partial charge >= 0.3 is 6.03 Å². The maximum Gasteiger partial charge on any atom is 0.315 e. The SMILES string of the molecule is C[C@@H](CO)NC(=O)NCC1(c2ccccc2Cl)CC1. The van der Waals surface area contributed by atoms with Crippen molar-refractivity contribution in [1.82, 2.24) is 10.6 Å². The highest BCUT2D eigenvalue weighted by Gasteiger charge is 2.45. The lowest BCUT2D eigenvalue weighted by molar-refractivity contribution is 0.220. The van der Waals surface area contributed by atoms with E-state index in [4.69, 9.17) is 16.7 Å². The number of carbonyl (C=O) groups excluding carboxylic acids is 1. The van der Waals surface area contributed by atoms with Crippen molar-refractivity contribution in [3.05, 3.63) is 34.9 Å². The number of halogens is 1. The Morgan fingerprint density at radius 2 is 2.16 bits per heavy atom. The predicted molar refractivity (Wildman–Crippen MR) is 75.4 cm³/mol. The van der Waals surface area contributed by atoms with Crippen LogP contribution in [0.25, 0.3) is 0 Å². The van der Waals surface area contributed by atoms with E-state index < -0.39 is 0 Å². The van der Waals surface area contributed by atoms with Crippen LogP contribution in [0, 0.1) is 0 Å². The van der Waals surface area contributed by atoms with Crippen LogP contribution in [-0.2, 0) is 5.41 Å². The first-order valence-corrected chi connectivity index (χ1v) is 6.85. The summed E-state index contributed by atoms with van der Waals surface area (Å²) in [4.78, 5) is 11.6. The maximum absolute atomic E-state index is 11.6. The van der Waals surface area contributed by atoms with Crippen molar-refractivity contribution in [2.24, 2.45) is 0 Å². The molecule has 1 saturated carbocycles. The molecule has 0 heterocycles. The first-order chi connectivity index (χ1) is 9.07. The summed E-state index contributed by atoms with van der Waals surface area (Å²) in [7, 11) is 0. The first kappa shape index (κ1) is 14.2. The van der Waals surface area contributed by atoms with Gasteiger partial charge in [0.25, 0.3) is 0 Å². The lowest BCUT2D eigenvalue weighted by Gasteiger charge is -2.19. The van der Waals surface area contributed by atoms with Gasteiger partial charge in [-0.05, 0) is 31.4 Å². The Morgan fingerprint density at radius 1 is 1.47 bits per heavy atom. The molecule has 1 aliphatic carbocycles. The third-order valence-corrected chi connectivity index (χ3v) is 3.87. The number of aliphatic hydroxyl groups excluding tert-OH is 1. The maximum atomic E-state index is 11.6. The molecule has 1 aliphatic rings. The molecule has 0 saturated heterocycles. The minimum atomic E-state index is -0.250. The molecule has 0 spiro atoms. The molecular formula is C14H19ClN2O2. The van der Waals surface area contributed by atoms with Gasteiger partial charge in [-0.2, -0.15) is 0 Å². The Hall–Kier alpha value is -1.26. The van der Waals surface area contributed by atoms with Gasteiger partial charge in [0, 0.05) is 17.0 Å². The van der Waals surface area contributed by atoms with Gasteiger partial charge in [0.2, 0.25) is 0 Å². The molecule has 0 aromatic heterocycles. The normalized spacial score (nSPS) is 17.6. The molecule has 2 rings (SSSR count). The van der Waals surface area contributed by atoms with Crippen LogP contribution in [0.4, 0.5) is 4.79 Å². The minimum absolute atomic E-state index is 0.0157. The van der Waals surface area contributed by atoms with Gasteiger partial charge in [-0.3, -0.25) is 0 Å². The summed E-state index contributed by atoms with van der Waals surface area (Å²) in [6.07, 6.45) is 2.07. The van der Waals surface area contributed by atoms with E-state index in [2.05, 4.69) is 10.6 Å². The summed E-state index contributed by atoms with van der Waals surface area (Å²) in [5, 5.41) is 15.2. The van der Waals surface area contributed by atoms with Crippen LogP contribution in [0.5, 0.6) is 0 Å². The van der Waals surface area contributed by atoms with E-state index in [1.54, 1.807) is 6.92 Å². The number of amides is 2. The number of urea groups is 1. The summed E-state index contributed by atoms with van der Waals surface area (Å²) in [5.41, 5.74) is 1.09. The number of nitrogens with one attached hydrogen (secondary N) is 2. The van der Waals surface area contributed by atoms with Crippen LogP contribution in [0.3, 0.4) is 0 Å². The molecule has 1 atom stereocenters. The zero-order valence-corrected chi connectivity index (χ0v) is 11.7. The zero-order valence-electron chi connectivity index (χ0n) is 10.9. The van der Waals surface area contributed by atoms with Crippen molar-refractivity contribution in [3.63, 3.8) is 0 Å². The summed E-state index contributed by atoms with van der Waals surface area (Å²) in [5.74, 6) is 0. The monoisotopic (exact) mass is 282 g/mol. The molecule has 5 heteroatoms. The van der Waals surface area contributed by atoms with E-state index in [1.807, 2.05) is 24.3 Å². The number of carbonyl (C=O) groups is 1. The van der Waals surface area contributed by atoms with Crippen molar-refractivity contribution < 1.29 is 9.90 Å². The molecule has 2 amide bonds. The summed E-state index contributed by atoms with van der Waals surface area (Å²) < 4.78 is 0. The molecule has 1 fully saturated rings. The van der Waals surface area contributed by atoms with Crippen LogP contribution >= 0.6 is 11.6 Å². The highest BCUT2D eigenvalue weighted by molar-refractivity contribution is 6.31. The quantitative estimate of drug-likeness (QED) is 0.774. The molecular weight excluding hydrogens is 264 g/mol. The van der Waals surface area contributed by atoms with Gasteiger partial charge in [-0.25, -0.2) is 4.79 Å². The molecule has 3 N–H and O–H groups in total. The fourth-order valence-electron chi connectivity index (χ4n) is 2.15. The van der Waals surface area contributed by atoms with Gasteiger partial charge in [-0.1, -0.05) is 29.8 Å². The molecule has 104 valence electrons. The standard InChI is InChI=1S/C14H19ClN2O2/c1-10(8-18)17-13(19)16-9-14(6-7-14)11-4-2-3-5-12(11)15/h2-5,10,18H,6-9H2,1H3,(H2,16,17,19)/t10-/m0/s1. The summed E-state index contributed by atoms with van der Waals surface area (Å²) in [6, 6.07) is 7.28. The molecule has 1 aromatic rings. The van der Waals surface area contributed by atoms with Gasteiger partial charge in [0.05, 0.1) is 12.6 Å². The van der Waals surface area contributed by atoms with Crippen molar-refractivity contribution >= 4 is 17.6 Å². The van der Waals surface area contributed by atoms with Crippen LogP contribution in [0.15, 0.2) is 24.3 Å². The lowest BCUT2D eigenvalue weighted by atomic mass is 9.96. The Kier molecular flexibility index (Phi) is 4.32. The topological polar surface area (TPSA) is 61.4 Å². The molecule has 0 bridgehead atoms. The third kappa shape index (κ3) is 3.39. The van der Waals surface area contributed by atoms with Crippen molar-refractivity contribution in [2.45, 2.75) is 31.2 Å². The van der Waals surface area contributed by atoms with Crippen LogP contribution in [-0.4, -0.2) is 30.3 Å². The lowest BCUT2D eigenvalue weighted by Crippen LogP contribution is -2.44. The molecule has 19 heavy (non-hydrogen) atoms. The Bertz CT molecular complexity index is 461. The highest BCUT2D eigenvalue weighted by atomic mass is 35.5. The van der Waals surface area contributed by atoms with E-state index in [1.165, 1.54) is 0 Å². The van der Waals surface area contributed by atoms with Crippen LogP contribution in [0.1, 0.15) is 25.3 Å². The second-order valence-corrected chi connectivity index (χ2v) is 5.58. The third-order valence-electron chi connectivity index (χ3n) is 3.54. The van der Waals surface area contributed by atoms with Crippen LogP contribution in [0.2, 0.25) is 5.02 Å². The predicted octanol–water partition coefficient (Wildman–Crippen LogP) is 2.05.